The Morgan fingerprint density at radius 3 is 2.50 bits per heavy atom. The maximum absolute atomic E-state index is 6.24. The summed E-state index contributed by atoms with van der Waals surface area (Å²) in [5.74, 6) is 1.47. The summed E-state index contributed by atoms with van der Waals surface area (Å²) in [4.78, 5) is 0. The second kappa shape index (κ2) is 5.07. The summed E-state index contributed by atoms with van der Waals surface area (Å²) in [6.45, 7) is 0. The third-order valence-electron chi connectivity index (χ3n) is 2.49. The number of H-pyrrole nitrogens is 1. The molecule has 2 rings (SSSR count). The van der Waals surface area contributed by atoms with Crippen molar-refractivity contribution < 1.29 is 9.47 Å². The summed E-state index contributed by atoms with van der Waals surface area (Å²) < 4.78 is 11.4. The van der Waals surface area contributed by atoms with Gasteiger partial charge < -0.3 is 15.2 Å². The average molecular weight is 333 g/mol. The highest BCUT2D eigenvalue weighted by Crippen LogP contribution is 2.48. The van der Waals surface area contributed by atoms with E-state index in [1.165, 1.54) is 0 Å². The minimum absolute atomic E-state index is 0.416. The van der Waals surface area contributed by atoms with Crippen molar-refractivity contribution in [2.75, 3.05) is 20.0 Å². The van der Waals surface area contributed by atoms with Crippen LogP contribution in [0.3, 0.4) is 0 Å². The molecule has 0 saturated heterocycles. The van der Waals surface area contributed by atoms with Crippen molar-refractivity contribution in [3.63, 3.8) is 0 Å². The molecule has 0 saturated carbocycles. The smallest absolute Gasteiger partial charge is 0.175 e. The van der Waals surface area contributed by atoms with E-state index in [-0.39, 0.29) is 0 Å². The van der Waals surface area contributed by atoms with Crippen LogP contribution in [-0.4, -0.2) is 24.4 Å². The molecule has 5 nitrogen and oxygen atoms in total. The van der Waals surface area contributed by atoms with Gasteiger partial charge in [-0.05, 0) is 22.0 Å². The molecule has 0 atom stereocenters. The molecule has 18 heavy (non-hydrogen) atoms. The molecule has 1 heterocycles. The molecule has 0 fully saturated rings. The van der Waals surface area contributed by atoms with Gasteiger partial charge in [-0.2, -0.15) is 5.10 Å². The maximum atomic E-state index is 6.24. The number of nitrogens with zero attached hydrogens (tertiary/aromatic N) is 1. The van der Waals surface area contributed by atoms with Crippen LogP contribution in [0.15, 0.2) is 16.7 Å². The van der Waals surface area contributed by atoms with Crippen molar-refractivity contribution in [2.45, 2.75) is 0 Å². The highest BCUT2D eigenvalue weighted by atomic mass is 79.9. The van der Waals surface area contributed by atoms with Crippen LogP contribution in [0.4, 0.5) is 5.82 Å². The fourth-order valence-electron chi connectivity index (χ4n) is 1.71. The third kappa shape index (κ3) is 2.02. The molecule has 2 aromatic rings. The van der Waals surface area contributed by atoms with Gasteiger partial charge in [0.1, 0.15) is 5.82 Å². The molecular formula is C11H11BrClN3O2. The van der Waals surface area contributed by atoms with E-state index in [0.717, 1.165) is 0 Å². The van der Waals surface area contributed by atoms with Crippen LogP contribution in [-0.2, 0) is 0 Å². The van der Waals surface area contributed by atoms with Crippen LogP contribution in [0.5, 0.6) is 11.5 Å². The van der Waals surface area contributed by atoms with E-state index < -0.39 is 0 Å². The van der Waals surface area contributed by atoms with Gasteiger partial charge in [0, 0.05) is 5.56 Å². The molecule has 3 N–H and O–H groups in total. The number of aromatic nitrogens is 2. The molecule has 1 aromatic carbocycles. The van der Waals surface area contributed by atoms with E-state index in [4.69, 9.17) is 26.8 Å². The van der Waals surface area contributed by atoms with Gasteiger partial charge in [-0.1, -0.05) is 11.6 Å². The van der Waals surface area contributed by atoms with Gasteiger partial charge in [0.2, 0.25) is 0 Å². The predicted molar refractivity (Wildman–Crippen MR) is 74.3 cm³/mol. The van der Waals surface area contributed by atoms with Crippen LogP contribution < -0.4 is 15.2 Å². The highest BCUT2D eigenvalue weighted by Gasteiger charge is 2.21. The summed E-state index contributed by atoms with van der Waals surface area (Å²) in [5, 5.41) is 7.03. The minimum Gasteiger partial charge on any atom is -0.492 e. The molecule has 7 heteroatoms. The summed E-state index contributed by atoms with van der Waals surface area (Å²) in [5.41, 5.74) is 7.12. The zero-order valence-corrected chi connectivity index (χ0v) is 12.1. The second-order valence-corrected chi connectivity index (χ2v) is 4.74. The molecule has 0 bridgehead atoms. The number of nitrogens with two attached hydrogens (primary N) is 1. The molecule has 0 unspecified atom stereocenters. The molecule has 0 spiro atoms. The standard InChI is InChI=1S/C11H11BrClN3O2/c1-17-9-6(12)3-7(13)8(10(9)18-2)5-4-15-16-11(5)14/h3-4H,1-2H3,(H3,14,15,16). The molecular weight excluding hydrogens is 321 g/mol. The fraction of sp³-hybridized carbons (Fsp3) is 0.182. The number of anilines is 1. The van der Waals surface area contributed by atoms with Gasteiger partial charge in [0.25, 0.3) is 0 Å². The van der Waals surface area contributed by atoms with Gasteiger partial charge in [-0.3, -0.25) is 5.10 Å². The lowest BCUT2D eigenvalue weighted by Crippen LogP contribution is -1.96. The summed E-state index contributed by atoms with van der Waals surface area (Å²) in [6.07, 6.45) is 1.59. The SMILES string of the molecule is COc1c(Br)cc(Cl)c(-c2cn[nH]c2N)c1OC. The van der Waals surface area contributed by atoms with E-state index in [1.807, 2.05) is 0 Å². The van der Waals surface area contributed by atoms with Crippen LogP contribution in [0.25, 0.3) is 11.1 Å². The lowest BCUT2D eigenvalue weighted by molar-refractivity contribution is 0.354. The Labute approximate surface area is 117 Å². The molecule has 0 aliphatic carbocycles. The quantitative estimate of drug-likeness (QED) is 0.906. The Morgan fingerprint density at radius 2 is 2.00 bits per heavy atom. The molecule has 1 aromatic heterocycles. The first-order chi connectivity index (χ1) is 8.60. The Kier molecular flexibility index (Phi) is 3.68. The van der Waals surface area contributed by atoms with Gasteiger partial charge in [0.15, 0.2) is 11.5 Å². The topological polar surface area (TPSA) is 73.2 Å². The Hall–Kier alpha value is -1.40. The first-order valence-electron chi connectivity index (χ1n) is 4.99. The van der Waals surface area contributed by atoms with Gasteiger partial charge in [0.05, 0.1) is 35.5 Å². The monoisotopic (exact) mass is 331 g/mol. The van der Waals surface area contributed by atoms with E-state index in [1.54, 1.807) is 26.5 Å². The lowest BCUT2D eigenvalue weighted by Gasteiger charge is -2.15. The summed E-state index contributed by atoms with van der Waals surface area (Å²) >= 11 is 9.61. The highest BCUT2D eigenvalue weighted by molar-refractivity contribution is 9.10. The van der Waals surface area contributed by atoms with E-state index in [2.05, 4.69) is 26.1 Å². The van der Waals surface area contributed by atoms with Gasteiger partial charge >= 0.3 is 0 Å². The van der Waals surface area contributed by atoms with E-state index >= 15 is 0 Å². The second-order valence-electron chi connectivity index (χ2n) is 3.48. The van der Waals surface area contributed by atoms with Crippen LogP contribution in [0, 0.1) is 0 Å². The number of nitrogen functional groups attached to an aromatic ring is 1. The lowest BCUT2D eigenvalue weighted by atomic mass is 10.1. The van der Waals surface area contributed by atoms with E-state index in [0.29, 0.717) is 37.9 Å². The van der Waals surface area contributed by atoms with Crippen LogP contribution >= 0.6 is 27.5 Å². The minimum atomic E-state index is 0.416. The number of rotatable bonds is 3. The first-order valence-corrected chi connectivity index (χ1v) is 6.16. The normalized spacial score (nSPS) is 10.4. The number of ether oxygens (including phenoxy) is 2. The molecule has 0 aliphatic rings. The van der Waals surface area contributed by atoms with Crippen LogP contribution in [0.2, 0.25) is 5.02 Å². The molecule has 96 valence electrons. The van der Waals surface area contributed by atoms with Crippen molar-refractivity contribution in [2.24, 2.45) is 0 Å². The van der Waals surface area contributed by atoms with E-state index in [9.17, 15) is 0 Å². The number of halogens is 2. The maximum Gasteiger partial charge on any atom is 0.175 e. The predicted octanol–water partition coefficient (Wildman–Crippen LogP) is 3.09. The summed E-state index contributed by atoms with van der Waals surface area (Å²) in [7, 11) is 3.10. The van der Waals surface area contributed by atoms with Crippen molar-refractivity contribution in [1.82, 2.24) is 10.2 Å². The van der Waals surface area contributed by atoms with Crippen molar-refractivity contribution in [3.05, 3.63) is 21.8 Å². The van der Waals surface area contributed by atoms with Crippen molar-refractivity contribution in [3.8, 4) is 22.6 Å². The first kappa shape index (κ1) is 13.0. The van der Waals surface area contributed by atoms with Crippen molar-refractivity contribution >= 4 is 33.3 Å². The number of hydrogen-bond acceptors (Lipinski definition) is 4. The Balaban J connectivity index is 2.78. The number of hydrogen-bond donors (Lipinski definition) is 2. The average Bonchev–Trinajstić information content (AvgIpc) is 2.74. The number of aromatic amines is 1. The Morgan fingerprint density at radius 1 is 1.33 bits per heavy atom. The fourth-order valence-corrected chi connectivity index (χ4v) is 2.71. The molecule has 0 amide bonds. The van der Waals surface area contributed by atoms with Gasteiger partial charge in [-0.25, -0.2) is 0 Å². The molecule has 0 aliphatic heterocycles. The number of nitrogens with one attached hydrogen (secondary N) is 1. The zero-order chi connectivity index (χ0) is 13.3. The zero-order valence-electron chi connectivity index (χ0n) is 9.75. The Bertz CT molecular complexity index is 586. The third-order valence-corrected chi connectivity index (χ3v) is 3.38. The summed E-state index contributed by atoms with van der Waals surface area (Å²) in [6, 6.07) is 1.73. The van der Waals surface area contributed by atoms with Crippen LogP contribution in [0.1, 0.15) is 0 Å². The number of benzene rings is 1. The van der Waals surface area contributed by atoms with Gasteiger partial charge in [-0.15, -0.1) is 0 Å². The van der Waals surface area contributed by atoms with Crippen molar-refractivity contribution in [1.29, 1.82) is 0 Å². The largest absolute Gasteiger partial charge is 0.492 e. The molecule has 0 radical (unpaired) electrons. The number of methoxy groups -OCH3 is 2.